The van der Waals surface area contributed by atoms with Gasteiger partial charge >= 0.3 is 0 Å². The van der Waals surface area contributed by atoms with Crippen molar-refractivity contribution in [2.45, 2.75) is 39.8 Å². The number of hydrogen-bond acceptors (Lipinski definition) is 5. The molecule has 0 amide bonds. The normalized spacial score (nSPS) is 20.1. The van der Waals surface area contributed by atoms with Gasteiger partial charge in [0.05, 0.1) is 5.69 Å². The molecule has 0 radical (unpaired) electrons. The van der Waals surface area contributed by atoms with Crippen molar-refractivity contribution in [2.24, 2.45) is 0 Å². The average Bonchev–Trinajstić information content (AvgIpc) is 2.50. The summed E-state index contributed by atoms with van der Waals surface area (Å²) in [7, 11) is 0. The number of aromatic nitrogens is 3. The molecule has 24 heavy (non-hydrogen) atoms. The van der Waals surface area contributed by atoms with Crippen LogP contribution in [0.25, 0.3) is 11.3 Å². The highest BCUT2D eigenvalue weighted by atomic mass is 35.5. The average molecular weight is 370 g/mol. The first-order valence-corrected chi connectivity index (χ1v) is 7.82. The van der Waals surface area contributed by atoms with Gasteiger partial charge in [0.1, 0.15) is 0 Å². The first kappa shape index (κ1) is 20.6. The van der Waals surface area contributed by atoms with Gasteiger partial charge in [-0.2, -0.15) is 0 Å². The third kappa shape index (κ3) is 4.35. The van der Waals surface area contributed by atoms with Gasteiger partial charge in [0.25, 0.3) is 0 Å². The van der Waals surface area contributed by atoms with Gasteiger partial charge in [0, 0.05) is 48.3 Å². The van der Waals surface area contributed by atoms with E-state index in [4.69, 9.17) is 4.98 Å². The van der Waals surface area contributed by atoms with Gasteiger partial charge < -0.3 is 10.2 Å². The Labute approximate surface area is 156 Å². The molecule has 1 aliphatic heterocycles. The molecule has 1 aliphatic rings. The zero-order chi connectivity index (χ0) is 15.7. The highest BCUT2D eigenvalue weighted by Gasteiger charge is 2.24. The third-order valence-electron chi connectivity index (χ3n) is 4.17. The second-order valence-electron chi connectivity index (χ2n) is 6.14. The van der Waals surface area contributed by atoms with E-state index in [1.54, 1.807) is 0 Å². The fourth-order valence-electron chi connectivity index (χ4n) is 2.89. The van der Waals surface area contributed by atoms with Crippen LogP contribution in [0.15, 0.2) is 24.4 Å². The van der Waals surface area contributed by atoms with E-state index in [0.29, 0.717) is 12.1 Å². The van der Waals surface area contributed by atoms with E-state index < -0.39 is 0 Å². The van der Waals surface area contributed by atoms with Crippen molar-refractivity contribution in [3.05, 3.63) is 35.8 Å². The molecule has 0 bridgehead atoms. The first-order valence-electron chi connectivity index (χ1n) is 7.82. The van der Waals surface area contributed by atoms with Gasteiger partial charge in [-0.25, -0.2) is 9.97 Å². The van der Waals surface area contributed by atoms with E-state index in [2.05, 4.69) is 40.1 Å². The number of anilines is 1. The van der Waals surface area contributed by atoms with Gasteiger partial charge in [0.2, 0.25) is 5.95 Å². The predicted octanol–water partition coefficient (Wildman–Crippen LogP) is 3.19. The second kappa shape index (κ2) is 8.60. The van der Waals surface area contributed by atoms with E-state index in [1.807, 2.05) is 32.2 Å². The van der Waals surface area contributed by atoms with E-state index in [1.165, 1.54) is 0 Å². The SMILES string of the molecule is Cc1ccc(-c2ccnc(N3C[C@@H](C)NC[C@@H]3C)n2)c(C)n1.Cl.Cl. The number of rotatable bonds is 2. The largest absolute Gasteiger partial charge is 0.335 e. The summed E-state index contributed by atoms with van der Waals surface area (Å²) in [5.74, 6) is 0.804. The van der Waals surface area contributed by atoms with Crippen LogP contribution in [-0.2, 0) is 0 Å². The summed E-state index contributed by atoms with van der Waals surface area (Å²) in [6.07, 6.45) is 1.84. The Kier molecular flexibility index (Phi) is 7.39. The smallest absolute Gasteiger partial charge is 0.226 e. The Bertz CT molecular complexity index is 680. The maximum Gasteiger partial charge on any atom is 0.226 e. The lowest BCUT2D eigenvalue weighted by Gasteiger charge is -2.37. The van der Waals surface area contributed by atoms with Crippen molar-refractivity contribution < 1.29 is 0 Å². The summed E-state index contributed by atoms with van der Waals surface area (Å²) in [5, 5.41) is 3.49. The van der Waals surface area contributed by atoms with Crippen LogP contribution in [0.1, 0.15) is 25.2 Å². The zero-order valence-corrected chi connectivity index (χ0v) is 16.1. The van der Waals surface area contributed by atoms with Crippen molar-refractivity contribution in [3.63, 3.8) is 0 Å². The summed E-state index contributed by atoms with van der Waals surface area (Å²) in [5.41, 5.74) is 4.05. The molecule has 7 heteroatoms. The Morgan fingerprint density at radius 1 is 1.08 bits per heavy atom. The minimum absolute atomic E-state index is 0. The lowest BCUT2D eigenvalue weighted by Crippen LogP contribution is -2.55. The summed E-state index contributed by atoms with van der Waals surface area (Å²) in [4.78, 5) is 16.1. The molecule has 0 aliphatic carbocycles. The molecule has 2 aromatic heterocycles. The number of hydrogen-bond donors (Lipinski definition) is 1. The first-order chi connectivity index (χ1) is 10.5. The van der Waals surface area contributed by atoms with E-state index in [0.717, 1.165) is 41.7 Å². The number of nitrogens with one attached hydrogen (secondary N) is 1. The van der Waals surface area contributed by atoms with Crippen LogP contribution >= 0.6 is 24.8 Å². The molecular formula is C17H25Cl2N5. The summed E-state index contributed by atoms with van der Waals surface area (Å²) in [6, 6.07) is 6.92. The molecule has 1 N–H and O–H groups in total. The Morgan fingerprint density at radius 2 is 1.83 bits per heavy atom. The van der Waals surface area contributed by atoms with Gasteiger partial charge in [-0.05, 0) is 45.9 Å². The third-order valence-corrected chi connectivity index (χ3v) is 4.17. The standard InChI is InChI=1S/C17H23N5.2ClH/c1-11-5-6-15(14(4)20-11)16-7-8-18-17(21-16)22-10-12(2)19-9-13(22)3;;/h5-8,12-13,19H,9-10H2,1-4H3;2*1H/t12-,13+;;/m1../s1. The Morgan fingerprint density at radius 3 is 2.54 bits per heavy atom. The van der Waals surface area contributed by atoms with Crippen LogP contribution in [0.4, 0.5) is 5.95 Å². The maximum atomic E-state index is 4.79. The van der Waals surface area contributed by atoms with Gasteiger partial charge in [-0.1, -0.05) is 0 Å². The molecule has 5 nitrogen and oxygen atoms in total. The minimum Gasteiger partial charge on any atom is -0.335 e. The van der Waals surface area contributed by atoms with E-state index in [9.17, 15) is 0 Å². The molecule has 0 unspecified atom stereocenters. The minimum atomic E-state index is 0. The molecule has 132 valence electrons. The Balaban J connectivity index is 0.00000144. The number of nitrogens with zero attached hydrogens (tertiary/aromatic N) is 4. The molecular weight excluding hydrogens is 345 g/mol. The predicted molar refractivity (Wildman–Crippen MR) is 104 cm³/mol. The molecule has 1 saturated heterocycles. The lowest BCUT2D eigenvalue weighted by atomic mass is 10.1. The second-order valence-corrected chi connectivity index (χ2v) is 6.14. The fourth-order valence-corrected chi connectivity index (χ4v) is 2.89. The van der Waals surface area contributed by atoms with Gasteiger partial charge in [-0.3, -0.25) is 4.98 Å². The molecule has 0 spiro atoms. The van der Waals surface area contributed by atoms with Crippen molar-refractivity contribution in [1.29, 1.82) is 0 Å². The quantitative estimate of drug-likeness (QED) is 0.880. The van der Waals surface area contributed by atoms with Crippen LogP contribution in [-0.4, -0.2) is 40.1 Å². The maximum absolute atomic E-state index is 4.79. The van der Waals surface area contributed by atoms with Crippen LogP contribution in [0, 0.1) is 13.8 Å². The van der Waals surface area contributed by atoms with Crippen molar-refractivity contribution in [2.75, 3.05) is 18.0 Å². The number of halogens is 2. The number of aryl methyl sites for hydroxylation is 2. The number of pyridine rings is 1. The molecule has 3 heterocycles. The number of piperazine rings is 1. The summed E-state index contributed by atoms with van der Waals surface area (Å²) < 4.78 is 0. The molecule has 3 rings (SSSR count). The lowest BCUT2D eigenvalue weighted by molar-refractivity contribution is 0.420. The molecule has 0 saturated carbocycles. The van der Waals surface area contributed by atoms with Gasteiger partial charge in [0.15, 0.2) is 0 Å². The van der Waals surface area contributed by atoms with Crippen LogP contribution in [0.2, 0.25) is 0 Å². The summed E-state index contributed by atoms with van der Waals surface area (Å²) in [6.45, 7) is 10.3. The highest BCUT2D eigenvalue weighted by molar-refractivity contribution is 5.85. The molecule has 2 aromatic rings. The van der Waals surface area contributed by atoms with Crippen molar-refractivity contribution in [3.8, 4) is 11.3 Å². The van der Waals surface area contributed by atoms with Crippen LogP contribution in [0.3, 0.4) is 0 Å². The van der Waals surface area contributed by atoms with Crippen LogP contribution < -0.4 is 10.2 Å². The highest BCUT2D eigenvalue weighted by Crippen LogP contribution is 2.23. The van der Waals surface area contributed by atoms with Crippen molar-refractivity contribution in [1.82, 2.24) is 20.3 Å². The van der Waals surface area contributed by atoms with E-state index in [-0.39, 0.29) is 24.8 Å². The zero-order valence-electron chi connectivity index (χ0n) is 14.5. The monoisotopic (exact) mass is 369 g/mol. The molecule has 0 aromatic carbocycles. The van der Waals surface area contributed by atoms with Crippen LogP contribution in [0.5, 0.6) is 0 Å². The van der Waals surface area contributed by atoms with Crippen molar-refractivity contribution >= 4 is 30.8 Å². The Hall–Kier alpha value is -1.43. The topological polar surface area (TPSA) is 53.9 Å². The molecule has 2 atom stereocenters. The summed E-state index contributed by atoms with van der Waals surface area (Å²) >= 11 is 0. The van der Waals surface area contributed by atoms with E-state index >= 15 is 0 Å². The fraction of sp³-hybridized carbons (Fsp3) is 0.471. The molecule has 1 fully saturated rings. The van der Waals surface area contributed by atoms with Gasteiger partial charge in [-0.15, -0.1) is 24.8 Å².